The molecular weight excluding hydrogens is 444 g/mol. The molecule has 2 amide bonds. The first kappa shape index (κ1) is 25.4. The molecule has 0 aliphatic rings. The largest absolute Gasteiger partial charge is 0.490 e. The summed E-state index contributed by atoms with van der Waals surface area (Å²) >= 11 is 0. The molecule has 0 heterocycles. The van der Waals surface area contributed by atoms with E-state index in [1.54, 1.807) is 25.3 Å². The Morgan fingerprint density at radius 3 is 2.31 bits per heavy atom. The first-order valence-electron chi connectivity index (χ1n) is 11.4. The predicted octanol–water partition coefficient (Wildman–Crippen LogP) is 4.48. The van der Waals surface area contributed by atoms with E-state index in [9.17, 15) is 9.59 Å². The number of benzene rings is 3. The highest BCUT2D eigenvalue weighted by Gasteiger charge is 2.07. The molecule has 0 aliphatic heterocycles. The standard InChI is InChI=1S/C28H30N2O5/c1-3-33-26-19-21(11-15-25(26)35-18-17-34-24-7-5-4-6-8-24)12-16-27(31)30-23-13-9-22(10-14-23)20-28(32)29-2/h4-16,19H,3,17-18,20H2,1-2H3,(H,29,32)(H,30,31). The van der Waals surface area contributed by atoms with Crippen molar-refractivity contribution in [2.75, 3.05) is 32.2 Å². The van der Waals surface area contributed by atoms with Crippen LogP contribution in [0, 0.1) is 0 Å². The molecule has 0 aliphatic carbocycles. The van der Waals surface area contributed by atoms with Gasteiger partial charge in [-0.25, -0.2) is 0 Å². The van der Waals surface area contributed by atoms with Gasteiger partial charge in [0.2, 0.25) is 11.8 Å². The number of likely N-dealkylation sites (N-methyl/N-ethyl adjacent to an activating group) is 1. The van der Waals surface area contributed by atoms with Crippen LogP contribution in [-0.2, 0) is 16.0 Å². The fourth-order valence-corrected chi connectivity index (χ4v) is 3.18. The highest BCUT2D eigenvalue weighted by Crippen LogP contribution is 2.29. The maximum Gasteiger partial charge on any atom is 0.248 e. The van der Waals surface area contributed by atoms with Crippen molar-refractivity contribution in [3.05, 3.63) is 90.0 Å². The van der Waals surface area contributed by atoms with Crippen LogP contribution in [0.2, 0.25) is 0 Å². The lowest BCUT2D eigenvalue weighted by molar-refractivity contribution is -0.120. The average molecular weight is 475 g/mol. The van der Waals surface area contributed by atoms with Crippen molar-refractivity contribution in [3.8, 4) is 17.2 Å². The van der Waals surface area contributed by atoms with Crippen LogP contribution in [0.1, 0.15) is 18.1 Å². The van der Waals surface area contributed by atoms with Crippen molar-refractivity contribution in [1.82, 2.24) is 5.32 Å². The van der Waals surface area contributed by atoms with Crippen molar-refractivity contribution in [2.24, 2.45) is 0 Å². The predicted molar refractivity (Wildman–Crippen MR) is 137 cm³/mol. The van der Waals surface area contributed by atoms with Gasteiger partial charge in [0.25, 0.3) is 0 Å². The summed E-state index contributed by atoms with van der Waals surface area (Å²) < 4.78 is 17.2. The number of carbonyl (C=O) groups excluding carboxylic acids is 2. The van der Waals surface area contributed by atoms with E-state index in [4.69, 9.17) is 14.2 Å². The second kappa shape index (κ2) is 13.4. The summed E-state index contributed by atoms with van der Waals surface area (Å²) in [5.41, 5.74) is 2.32. The fourth-order valence-electron chi connectivity index (χ4n) is 3.18. The lowest BCUT2D eigenvalue weighted by atomic mass is 10.1. The minimum atomic E-state index is -0.264. The van der Waals surface area contributed by atoms with Gasteiger partial charge >= 0.3 is 0 Å². The molecule has 35 heavy (non-hydrogen) atoms. The third-order valence-corrected chi connectivity index (χ3v) is 4.91. The third kappa shape index (κ3) is 8.55. The van der Waals surface area contributed by atoms with E-state index in [2.05, 4.69) is 10.6 Å². The molecule has 3 aromatic carbocycles. The Hall–Kier alpha value is -4.26. The van der Waals surface area contributed by atoms with Crippen molar-refractivity contribution in [1.29, 1.82) is 0 Å². The van der Waals surface area contributed by atoms with Gasteiger partial charge < -0.3 is 24.8 Å². The van der Waals surface area contributed by atoms with Crippen LogP contribution in [0.5, 0.6) is 17.2 Å². The van der Waals surface area contributed by atoms with Gasteiger partial charge in [-0.3, -0.25) is 9.59 Å². The molecule has 2 N–H and O–H groups in total. The number of ether oxygens (including phenoxy) is 3. The highest BCUT2D eigenvalue weighted by molar-refractivity contribution is 6.02. The van der Waals surface area contributed by atoms with E-state index in [1.165, 1.54) is 6.08 Å². The van der Waals surface area contributed by atoms with Gasteiger partial charge in [-0.1, -0.05) is 36.4 Å². The van der Waals surface area contributed by atoms with E-state index in [0.717, 1.165) is 16.9 Å². The van der Waals surface area contributed by atoms with E-state index in [-0.39, 0.29) is 11.8 Å². The molecule has 7 nitrogen and oxygen atoms in total. The Morgan fingerprint density at radius 1 is 0.857 bits per heavy atom. The van der Waals surface area contributed by atoms with Crippen molar-refractivity contribution in [2.45, 2.75) is 13.3 Å². The number of nitrogens with one attached hydrogen (secondary N) is 2. The quantitative estimate of drug-likeness (QED) is 0.299. The molecule has 7 heteroatoms. The van der Waals surface area contributed by atoms with Gasteiger partial charge in [0.15, 0.2) is 11.5 Å². The Kier molecular flexibility index (Phi) is 9.75. The molecule has 0 saturated carbocycles. The molecule has 0 radical (unpaired) electrons. The van der Waals surface area contributed by atoms with Gasteiger partial charge in [0.05, 0.1) is 13.0 Å². The number of rotatable bonds is 12. The number of para-hydroxylation sites is 1. The second-order valence-corrected chi connectivity index (χ2v) is 7.52. The Balaban J connectivity index is 1.53. The molecule has 0 unspecified atom stereocenters. The summed E-state index contributed by atoms with van der Waals surface area (Å²) in [6.45, 7) is 3.16. The molecule has 0 fully saturated rings. The average Bonchev–Trinajstić information content (AvgIpc) is 2.88. The number of carbonyl (C=O) groups is 2. The molecule has 0 atom stereocenters. The zero-order chi connectivity index (χ0) is 24.9. The van der Waals surface area contributed by atoms with Gasteiger partial charge in [-0.15, -0.1) is 0 Å². The summed E-state index contributed by atoms with van der Waals surface area (Å²) in [6, 6.07) is 22.2. The lowest BCUT2D eigenvalue weighted by Crippen LogP contribution is -2.19. The van der Waals surface area contributed by atoms with Crippen LogP contribution in [0.4, 0.5) is 5.69 Å². The number of hydrogen-bond acceptors (Lipinski definition) is 5. The topological polar surface area (TPSA) is 85.9 Å². The van der Waals surface area contributed by atoms with Crippen LogP contribution in [-0.4, -0.2) is 38.7 Å². The number of anilines is 1. The summed E-state index contributed by atoms with van der Waals surface area (Å²) in [4.78, 5) is 23.8. The second-order valence-electron chi connectivity index (χ2n) is 7.52. The Labute approximate surface area is 205 Å². The third-order valence-electron chi connectivity index (χ3n) is 4.91. The molecular formula is C28H30N2O5. The van der Waals surface area contributed by atoms with Crippen LogP contribution in [0.15, 0.2) is 78.9 Å². The van der Waals surface area contributed by atoms with Crippen molar-refractivity contribution < 1.29 is 23.8 Å². The minimum absolute atomic E-state index is 0.0620. The fraction of sp³-hybridized carbons (Fsp3) is 0.214. The normalized spacial score (nSPS) is 10.6. The van der Waals surface area contributed by atoms with Gasteiger partial charge in [0, 0.05) is 18.8 Å². The molecule has 3 rings (SSSR count). The molecule has 3 aromatic rings. The van der Waals surface area contributed by atoms with Gasteiger partial charge in [-0.05, 0) is 60.5 Å². The first-order chi connectivity index (χ1) is 17.1. The molecule has 0 bridgehead atoms. The number of amides is 2. The SMILES string of the molecule is CCOc1cc(C=CC(=O)Nc2ccc(CC(=O)NC)cc2)ccc1OCCOc1ccccc1. The minimum Gasteiger partial charge on any atom is -0.490 e. The molecule has 182 valence electrons. The smallest absolute Gasteiger partial charge is 0.248 e. The van der Waals surface area contributed by atoms with Gasteiger partial charge in [0.1, 0.15) is 19.0 Å². The zero-order valence-electron chi connectivity index (χ0n) is 20.0. The molecule has 0 saturated heterocycles. The van der Waals surface area contributed by atoms with Crippen LogP contribution >= 0.6 is 0 Å². The summed E-state index contributed by atoms with van der Waals surface area (Å²) in [6.07, 6.45) is 3.46. The van der Waals surface area contributed by atoms with Crippen molar-refractivity contribution in [3.63, 3.8) is 0 Å². The lowest BCUT2D eigenvalue weighted by Gasteiger charge is -2.13. The maximum atomic E-state index is 12.3. The summed E-state index contributed by atoms with van der Waals surface area (Å²) in [5.74, 6) is 1.68. The summed E-state index contributed by atoms with van der Waals surface area (Å²) in [7, 11) is 1.60. The number of hydrogen-bond donors (Lipinski definition) is 2. The Morgan fingerprint density at radius 2 is 1.60 bits per heavy atom. The van der Waals surface area contributed by atoms with E-state index in [1.807, 2.05) is 67.6 Å². The monoisotopic (exact) mass is 474 g/mol. The zero-order valence-corrected chi connectivity index (χ0v) is 20.0. The molecule has 0 spiro atoms. The van der Waals surface area contributed by atoms with Crippen LogP contribution in [0.3, 0.4) is 0 Å². The molecule has 0 aromatic heterocycles. The van der Waals surface area contributed by atoms with E-state index >= 15 is 0 Å². The van der Waals surface area contributed by atoms with Gasteiger partial charge in [-0.2, -0.15) is 0 Å². The van der Waals surface area contributed by atoms with Crippen LogP contribution < -0.4 is 24.8 Å². The Bertz CT molecular complexity index is 1130. The highest BCUT2D eigenvalue weighted by atomic mass is 16.5. The summed E-state index contributed by atoms with van der Waals surface area (Å²) in [5, 5.41) is 5.40. The first-order valence-corrected chi connectivity index (χ1v) is 11.4. The van der Waals surface area contributed by atoms with E-state index in [0.29, 0.717) is 43.4 Å². The van der Waals surface area contributed by atoms with E-state index < -0.39 is 0 Å². The van der Waals surface area contributed by atoms with Crippen LogP contribution in [0.25, 0.3) is 6.08 Å². The maximum absolute atomic E-state index is 12.3. The van der Waals surface area contributed by atoms with Crippen molar-refractivity contribution >= 4 is 23.6 Å².